The van der Waals surface area contributed by atoms with E-state index in [1.807, 2.05) is 18.9 Å². The second-order valence-electron chi connectivity index (χ2n) is 3.93. The summed E-state index contributed by atoms with van der Waals surface area (Å²) in [5.41, 5.74) is 8.34. The Labute approximate surface area is 99.7 Å². The normalized spacial score (nSPS) is 10.3. The van der Waals surface area contributed by atoms with Crippen LogP contribution in [0.25, 0.3) is 0 Å². The minimum absolute atomic E-state index is 0.251. The molecule has 88 valence electrons. The first-order valence-electron chi connectivity index (χ1n) is 5.29. The minimum atomic E-state index is -0.251. The van der Waals surface area contributed by atoms with Gasteiger partial charge in [-0.05, 0) is 36.8 Å². The molecule has 1 heterocycles. The molecule has 0 spiro atoms. The van der Waals surface area contributed by atoms with Gasteiger partial charge in [-0.15, -0.1) is 0 Å². The average molecular weight is 231 g/mol. The monoisotopic (exact) mass is 231 g/mol. The molecule has 4 heteroatoms. The zero-order chi connectivity index (χ0) is 12.4. The average Bonchev–Trinajstić information content (AvgIpc) is 2.33. The van der Waals surface area contributed by atoms with Crippen LogP contribution < -0.4 is 10.6 Å². The highest BCUT2D eigenvalue weighted by molar-refractivity contribution is 5.63. The molecule has 0 unspecified atom stereocenters. The summed E-state index contributed by atoms with van der Waals surface area (Å²) < 4.78 is 12.8. The van der Waals surface area contributed by atoms with Crippen LogP contribution in [0.1, 0.15) is 5.56 Å². The second kappa shape index (κ2) is 4.41. The smallest absolute Gasteiger partial charge is 0.134 e. The lowest BCUT2D eigenvalue weighted by Crippen LogP contribution is -2.11. The second-order valence-corrected chi connectivity index (χ2v) is 3.93. The minimum Gasteiger partial charge on any atom is -0.398 e. The maximum Gasteiger partial charge on any atom is 0.134 e. The van der Waals surface area contributed by atoms with Gasteiger partial charge in [0.15, 0.2) is 0 Å². The SMILES string of the molecule is Cc1cnc(N(C)c2ccc(F)cc2)cc1N. The van der Waals surface area contributed by atoms with Crippen molar-refractivity contribution in [1.82, 2.24) is 4.98 Å². The molecule has 0 aliphatic heterocycles. The standard InChI is InChI=1S/C13H14FN3/c1-9-8-16-13(7-12(9)15)17(2)11-5-3-10(14)4-6-11/h3-8H,1-2H3,(H2,15,16). The third-order valence-corrected chi connectivity index (χ3v) is 2.69. The third-order valence-electron chi connectivity index (χ3n) is 2.69. The van der Waals surface area contributed by atoms with Crippen LogP contribution in [0.4, 0.5) is 21.6 Å². The first-order valence-corrected chi connectivity index (χ1v) is 5.29. The van der Waals surface area contributed by atoms with Crippen LogP contribution in [0.15, 0.2) is 36.5 Å². The van der Waals surface area contributed by atoms with Gasteiger partial charge in [0.05, 0.1) is 0 Å². The van der Waals surface area contributed by atoms with Crippen LogP contribution in [-0.2, 0) is 0 Å². The number of hydrogen-bond acceptors (Lipinski definition) is 3. The number of aryl methyl sites for hydroxylation is 1. The molecule has 3 nitrogen and oxygen atoms in total. The molecule has 0 fully saturated rings. The van der Waals surface area contributed by atoms with Crippen molar-refractivity contribution in [2.45, 2.75) is 6.92 Å². The predicted octanol–water partition coefficient (Wildman–Crippen LogP) is 2.88. The van der Waals surface area contributed by atoms with E-state index < -0.39 is 0 Å². The van der Waals surface area contributed by atoms with Crippen LogP contribution >= 0.6 is 0 Å². The Morgan fingerprint density at radius 1 is 1.24 bits per heavy atom. The Kier molecular flexibility index (Phi) is 2.95. The molecule has 1 aromatic carbocycles. The van der Waals surface area contributed by atoms with E-state index >= 15 is 0 Å². The largest absolute Gasteiger partial charge is 0.398 e. The van der Waals surface area contributed by atoms with Gasteiger partial charge in [-0.3, -0.25) is 0 Å². The molecule has 0 saturated carbocycles. The zero-order valence-corrected chi connectivity index (χ0v) is 9.81. The quantitative estimate of drug-likeness (QED) is 0.864. The molecular weight excluding hydrogens is 217 g/mol. The van der Waals surface area contributed by atoms with E-state index in [4.69, 9.17) is 5.73 Å². The first kappa shape index (κ1) is 11.4. The van der Waals surface area contributed by atoms with Gasteiger partial charge in [0, 0.05) is 30.7 Å². The number of benzene rings is 1. The van der Waals surface area contributed by atoms with E-state index in [0.29, 0.717) is 5.69 Å². The summed E-state index contributed by atoms with van der Waals surface area (Å²) in [6.07, 6.45) is 1.73. The van der Waals surface area contributed by atoms with Crippen molar-refractivity contribution in [2.75, 3.05) is 17.7 Å². The fraction of sp³-hybridized carbons (Fsp3) is 0.154. The van der Waals surface area contributed by atoms with Crippen LogP contribution in [0.5, 0.6) is 0 Å². The third kappa shape index (κ3) is 2.36. The van der Waals surface area contributed by atoms with E-state index in [9.17, 15) is 4.39 Å². The van der Waals surface area contributed by atoms with E-state index in [1.54, 1.807) is 24.4 Å². The number of nitrogens with two attached hydrogens (primary N) is 1. The molecule has 2 N–H and O–H groups in total. The van der Waals surface area contributed by atoms with Gasteiger partial charge >= 0.3 is 0 Å². The Morgan fingerprint density at radius 3 is 2.47 bits per heavy atom. The molecular formula is C13H14FN3. The molecule has 1 aromatic heterocycles. The molecule has 0 aliphatic rings. The summed E-state index contributed by atoms with van der Waals surface area (Å²) in [5, 5.41) is 0. The molecule has 0 saturated heterocycles. The Bertz CT molecular complexity index is 523. The Morgan fingerprint density at radius 2 is 1.88 bits per heavy atom. The molecule has 0 atom stereocenters. The number of rotatable bonds is 2. The summed E-state index contributed by atoms with van der Waals surface area (Å²) in [5.74, 6) is 0.484. The fourth-order valence-electron chi connectivity index (χ4n) is 1.51. The summed E-state index contributed by atoms with van der Waals surface area (Å²) in [7, 11) is 1.87. The van der Waals surface area contributed by atoms with Crippen molar-refractivity contribution in [3.05, 3.63) is 47.9 Å². The lowest BCUT2D eigenvalue weighted by Gasteiger charge is -2.18. The summed E-state index contributed by atoms with van der Waals surface area (Å²) in [4.78, 5) is 6.15. The highest BCUT2D eigenvalue weighted by Gasteiger charge is 2.06. The zero-order valence-electron chi connectivity index (χ0n) is 9.81. The van der Waals surface area contributed by atoms with Crippen LogP contribution in [-0.4, -0.2) is 12.0 Å². The first-order chi connectivity index (χ1) is 8.08. The predicted molar refractivity (Wildman–Crippen MR) is 67.8 cm³/mol. The van der Waals surface area contributed by atoms with Crippen molar-refractivity contribution in [3.8, 4) is 0 Å². The molecule has 0 aliphatic carbocycles. The van der Waals surface area contributed by atoms with Crippen molar-refractivity contribution >= 4 is 17.2 Å². The van der Waals surface area contributed by atoms with Crippen LogP contribution in [0, 0.1) is 12.7 Å². The van der Waals surface area contributed by atoms with Gasteiger partial charge in [0.2, 0.25) is 0 Å². The molecule has 2 rings (SSSR count). The topological polar surface area (TPSA) is 42.2 Å². The number of nitrogen functional groups attached to an aromatic ring is 1. The number of hydrogen-bond donors (Lipinski definition) is 1. The molecule has 17 heavy (non-hydrogen) atoms. The Balaban J connectivity index is 2.33. The van der Waals surface area contributed by atoms with Crippen molar-refractivity contribution < 1.29 is 4.39 Å². The Hall–Kier alpha value is -2.10. The fourth-order valence-corrected chi connectivity index (χ4v) is 1.51. The molecule has 0 bridgehead atoms. The van der Waals surface area contributed by atoms with E-state index in [0.717, 1.165) is 17.1 Å². The number of aromatic nitrogens is 1. The van der Waals surface area contributed by atoms with Crippen LogP contribution in [0.2, 0.25) is 0 Å². The number of pyridine rings is 1. The van der Waals surface area contributed by atoms with E-state index in [2.05, 4.69) is 4.98 Å². The summed E-state index contributed by atoms with van der Waals surface area (Å²) in [6, 6.07) is 8.05. The molecule has 2 aromatic rings. The van der Waals surface area contributed by atoms with Crippen LogP contribution in [0.3, 0.4) is 0 Å². The molecule has 0 radical (unpaired) electrons. The lowest BCUT2D eigenvalue weighted by molar-refractivity contribution is 0.628. The number of halogens is 1. The maximum absolute atomic E-state index is 12.8. The van der Waals surface area contributed by atoms with Gasteiger partial charge < -0.3 is 10.6 Å². The highest BCUT2D eigenvalue weighted by atomic mass is 19.1. The van der Waals surface area contributed by atoms with E-state index in [-0.39, 0.29) is 5.82 Å². The van der Waals surface area contributed by atoms with Crippen molar-refractivity contribution in [2.24, 2.45) is 0 Å². The van der Waals surface area contributed by atoms with Gasteiger partial charge in [-0.25, -0.2) is 9.37 Å². The maximum atomic E-state index is 12.8. The van der Waals surface area contributed by atoms with Gasteiger partial charge in [-0.2, -0.15) is 0 Å². The lowest BCUT2D eigenvalue weighted by atomic mass is 10.2. The van der Waals surface area contributed by atoms with E-state index in [1.165, 1.54) is 12.1 Å². The summed E-state index contributed by atoms with van der Waals surface area (Å²) in [6.45, 7) is 1.91. The highest BCUT2D eigenvalue weighted by Crippen LogP contribution is 2.24. The number of nitrogens with zero attached hydrogens (tertiary/aromatic N) is 2. The van der Waals surface area contributed by atoms with Crippen molar-refractivity contribution in [3.63, 3.8) is 0 Å². The van der Waals surface area contributed by atoms with Gasteiger partial charge in [0.25, 0.3) is 0 Å². The van der Waals surface area contributed by atoms with Crippen molar-refractivity contribution in [1.29, 1.82) is 0 Å². The molecule has 0 amide bonds. The summed E-state index contributed by atoms with van der Waals surface area (Å²) >= 11 is 0. The number of anilines is 3. The van der Waals surface area contributed by atoms with Gasteiger partial charge in [-0.1, -0.05) is 0 Å². The van der Waals surface area contributed by atoms with Gasteiger partial charge in [0.1, 0.15) is 11.6 Å².